The highest BCUT2D eigenvalue weighted by atomic mass is 16.6. The number of ether oxygens (including phenoxy) is 2. The van der Waals surface area contributed by atoms with Gasteiger partial charge < -0.3 is 9.47 Å². The Morgan fingerprint density at radius 1 is 0.442 bits per heavy atom. The molecule has 3 heteroatoms. The first-order chi connectivity index (χ1) is 21.3. The summed E-state index contributed by atoms with van der Waals surface area (Å²) in [6.45, 7) is 0. The van der Waals surface area contributed by atoms with Crippen molar-refractivity contribution in [2.75, 3.05) is 0 Å². The van der Waals surface area contributed by atoms with Crippen LogP contribution < -0.4 is 9.47 Å². The van der Waals surface area contributed by atoms with Crippen LogP contribution in [0.25, 0.3) is 33.2 Å². The molecule has 0 amide bonds. The van der Waals surface area contributed by atoms with Crippen LogP contribution in [0, 0.1) is 0 Å². The van der Waals surface area contributed by atoms with E-state index in [1.165, 1.54) is 27.8 Å². The largest absolute Gasteiger partial charge is 0.450 e. The van der Waals surface area contributed by atoms with E-state index < -0.39 is 5.41 Å². The Hall–Kier alpha value is -5.67. The van der Waals surface area contributed by atoms with E-state index in [-0.39, 0.29) is 0 Å². The van der Waals surface area contributed by atoms with Crippen LogP contribution in [0.4, 0.5) is 0 Å². The average molecular weight is 552 g/mol. The summed E-state index contributed by atoms with van der Waals surface area (Å²) >= 11 is 0. The Balaban J connectivity index is 1.22. The third-order valence-corrected chi connectivity index (χ3v) is 8.85. The average Bonchev–Trinajstić information content (AvgIpc) is 3.36. The van der Waals surface area contributed by atoms with E-state index in [4.69, 9.17) is 9.47 Å². The number of benzene rings is 6. The molecule has 2 aliphatic rings. The van der Waals surface area contributed by atoms with Gasteiger partial charge in [0.2, 0.25) is 0 Å². The Bertz CT molecular complexity index is 2140. The zero-order chi connectivity index (χ0) is 28.4. The minimum atomic E-state index is -0.488. The van der Waals surface area contributed by atoms with E-state index in [0.717, 1.165) is 33.3 Å². The van der Waals surface area contributed by atoms with Crippen LogP contribution in [-0.2, 0) is 5.41 Å². The molecule has 0 fully saturated rings. The van der Waals surface area contributed by atoms with Crippen LogP contribution in [0.5, 0.6) is 23.0 Å². The van der Waals surface area contributed by atoms with Crippen molar-refractivity contribution in [3.05, 3.63) is 174 Å². The first-order valence-electron chi connectivity index (χ1n) is 14.5. The molecular formula is C40H25NO2. The van der Waals surface area contributed by atoms with Gasteiger partial charge in [0.1, 0.15) is 0 Å². The highest BCUT2D eigenvalue weighted by Crippen LogP contribution is 2.59. The topological polar surface area (TPSA) is 31.4 Å². The molecule has 43 heavy (non-hydrogen) atoms. The Morgan fingerprint density at radius 3 is 1.91 bits per heavy atom. The fourth-order valence-electron chi connectivity index (χ4n) is 7.02. The van der Waals surface area contributed by atoms with Gasteiger partial charge in [-0.1, -0.05) is 115 Å². The summed E-state index contributed by atoms with van der Waals surface area (Å²) in [4.78, 5) is 4.66. The highest BCUT2D eigenvalue weighted by molar-refractivity contribution is 5.94. The second-order valence-electron chi connectivity index (χ2n) is 11.1. The van der Waals surface area contributed by atoms with Crippen LogP contribution in [0.3, 0.4) is 0 Å². The second-order valence-corrected chi connectivity index (χ2v) is 11.1. The number of rotatable bonds is 3. The SMILES string of the molecule is c1ccc(C2(c3ccccc3)c3ccccc3-c3cc4c(cc32)Oc2ccc(-c3cccc5cccnc35)cc2O4)cc1. The van der Waals surface area contributed by atoms with Crippen molar-refractivity contribution in [3.8, 4) is 45.3 Å². The third kappa shape index (κ3) is 3.45. The molecular weight excluding hydrogens is 526 g/mol. The minimum Gasteiger partial charge on any atom is -0.450 e. The maximum Gasteiger partial charge on any atom is 0.170 e. The van der Waals surface area contributed by atoms with Crippen molar-refractivity contribution in [2.45, 2.75) is 5.41 Å². The van der Waals surface area contributed by atoms with Crippen molar-refractivity contribution in [1.29, 1.82) is 0 Å². The number of pyridine rings is 1. The van der Waals surface area contributed by atoms with Gasteiger partial charge in [-0.05, 0) is 69.3 Å². The second kappa shape index (κ2) is 9.17. The Kier molecular flexibility index (Phi) is 5.11. The van der Waals surface area contributed by atoms with Crippen molar-refractivity contribution < 1.29 is 9.47 Å². The number of hydrogen-bond acceptors (Lipinski definition) is 3. The van der Waals surface area contributed by atoms with Gasteiger partial charge in [-0.2, -0.15) is 0 Å². The number of hydrogen-bond donors (Lipinski definition) is 0. The zero-order valence-corrected chi connectivity index (χ0v) is 23.2. The van der Waals surface area contributed by atoms with E-state index in [2.05, 4.69) is 138 Å². The summed E-state index contributed by atoms with van der Waals surface area (Å²) in [5.41, 5.74) is 9.83. The lowest BCUT2D eigenvalue weighted by molar-refractivity contribution is 0.359. The number of aromatic nitrogens is 1. The summed E-state index contributed by atoms with van der Waals surface area (Å²) in [5.74, 6) is 2.83. The van der Waals surface area contributed by atoms with Crippen LogP contribution in [0.15, 0.2) is 152 Å². The fourth-order valence-corrected chi connectivity index (χ4v) is 7.02. The summed E-state index contributed by atoms with van der Waals surface area (Å²) in [7, 11) is 0. The van der Waals surface area contributed by atoms with Gasteiger partial charge in [-0.3, -0.25) is 4.98 Å². The lowest BCUT2D eigenvalue weighted by Crippen LogP contribution is -2.28. The molecule has 9 rings (SSSR count). The fraction of sp³-hybridized carbons (Fsp3) is 0.0250. The lowest BCUT2D eigenvalue weighted by atomic mass is 9.67. The molecule has 0 unspecified atom stereocenters. The maximum atomic E-state index is 6.63. The number of nitrogens with zero attached hydrogens (tertiary/aromatic N) is 1. The molecule has 0 saturated carbocycles. The molecule has 0 radical (unpaired) electrons. The standard InChI is InChI=1S/C40H25NO2/c1-3-13-28(14-4-1)40(29-15-5-2-6-16-29)33-19-8-7-17-31(33)32-24-37-38(25-34(32)40)42-35-21-20-27(23-36(35)43-37)30-18-9-11-26-12-10-22-41-39(26)30/h1-25H. The van der Waals surface area contributed by atoms with Gasteiger partial charge in [0.05, 0.1) is 10.9 Å². The van der Waals surface area contributed by atoms with E-state index >= 15 is 0 Å². The summed E-state index contributed by atoms with van der Waals surface area (Å²) in [5, 5.41) is 1.11. The number of fused-ring (bicyclic) bond motifs is 6. The molecule has 3 nitrogen and oxygen atoms in total. The quantitative estimate of drug-likeness (QED) is 0.219. The van der Waals surface area contributed by atoms with E-state index in [1.807, 2.05) is 18.3 Å². The van der Waals surface area contributed by atoms with E-state index in [9.17, 15) is 0 Å². The molecule has 1 aromatic heterocycles. The summed E-state index contributed by atoms with van der Waals surface area (Å²) in [6, 6.07) is 51.1. The van der Waals surface area contributed by atoms with Gasteiger partial charge in [-0.15, -0.1) is 0 Å². The van der Waals surface area contributed by atoms with Gasteiger partial charge in [0.25, 0.3) is 0 Å². The van der Waals surface area contributed by atoms with Crippen molar-refractivity contribution in [3.63, 3.8) is 0 Å². The van der Waals surface area contributed by atoms with Gasteiger partial charge in [-0.25, -0.2) is 0 Å². The molecule has 0 saturated heterocycles. The molecule has 7 aromatic rings. The normalized spacial score (nSPS) is 13.7. The first-order valence-corrected chi connectivity index (χ1v) is 14.5. The monoisotopic (exact) mass is 551 g/mol. The smallest absolute Gasteiger partial charge is 0.170 e. The number of para-hydroxylation sites is 1. The van der Waals surface area contributed by atoms with Crippen molar-refractivity contribution in [1.82, 2.24) is 4.98 Å². The Morgan fingerprint density at radius 2 is 1.09 bits per heavy atom. The third-order valence-electron chi connectivity index (χ3n) is 8.85. The van der Waals surface area contributed by atoms with Crippen molar-refractivity contribution in [2.24, 2.45) is 0 Å². The van der Waals surface area contributed by atoms with Crippen LogP contribution in [0.2, 0.25) is 0 Å². The molecule has 0 spiro atoms. The summed E-state index contributed by atoms with van der Waals surface area (Å²) < 4.78 is 13.2. The van der Waals surface area contributed by atoms with E-state index in [0.29, 0.717) is 17.2 Å². The molecule has 6 aromatic carbocycles. The highest BCUT2D eigenvalue weighted by Gasteiger charge is 2.47. The predicted octanol–water partition coefficient (Wildman–Crippen LogP) is 10.2. The molecule has 1 aliphatic carbocycles. The van der Waals surface area contributed by atoms with Gasteiger partial charge in [0, 0.05) is 17.1 Å². The van der Waals surface area contributed by atoms with Gasteiger partial charge in [0.15, 0.2) is 23.0 Å². The molecule has 1 aliphatic heterocycles. The van der Waals surface area contributed by atoms with Crippen molar-refractivity contribution >= 4 is 10.9 Å². The van der Waals surface area contributed by atoms with Crippen LogP contribution in [0.1, 0.15) is 22.3 Å². The molecule has 2 heterocycles. The van der Waals surface area contributed by atoms with E-state index in [1.54, 1.807) is 0 Å². The molecule has 0 atom stereocenters. The molecule has 202 valence electrons. The Labute approximate surface area is 249 Å². The van der Waals surface area contributed by atoms with Crippen LogP contribution >= 0.6 is 0 Å². The van der Waals surface area contributed by atoms with Crippen LogP contribution in [-0.4, -0.2) is 4.98 Å². The predicted molar refractivity (Wildman–Crippen MR) is 171 cm³/mol. The minimum absolute atomic E-state index is 0.488. The maximum absolute atomic E-state index is 6.63. The zero-order valence-electron chi connectivity index (χ0n) is 23.2. The molecule has 0 N–H and O–H groups in total. The molecule has 0 bridgehead atoms. The van der Waals surface area contributed by atoms with Gasteiger partial charge >= 0.3 is 0 Å². The first kappa shape index (κ1) is 24.0. The lowest BCUT2D eigenvalue weighted by Gasteiger charge is -2.34. The summed E-state index contributed by atoms with van der Waals surface area (Å²) in [6.07, 6.45) is 1.84.